The smallest absolute Gasteiger partial charge is 0.269 e. The monoisotopic (exact) mass is 324 g/mol. The second-order valence-electron chi connectivity index (χ2n) is 4.86. The zero-order valence-electron chi connectivity index (χ0n) is 11.6. The first kappa shape index (κ1) is 15.6. The van der Waals surface area contributed by atoms with E-state index in [0.29, 0.717) is 10.7 Å². The summed E-state index contributed by atoms with van der Waals surface area (Å²) in [5.41, 5.74) is 2.34. The maximum atomic E-state index is 12.0. The highest BCUT2D eigenvalue weighted by atomic mass is 35.5. The van der Waals surface area contributed by atoms with Crippen LogP contribution in [0.4, 0.5) is 5.69 Å². The molecule has 1 aromatic heterocycles. The number of anilines is 1. The lowest BCUT2D eigenvalue weighted by Crippen LogP contribution is -2.27. The van der Waals surface area contributed by atoms with Crippen LogP contribution in [-0.2, 0) is 11.3 Å². The first-order chi connectivity index (χ1) is 9.85. The highest BCUT2D eigenvalue weighted by Crippen LogP contribution is 2.14. The van der Waals surface area contributed by atoms with Gasteiger partial charge in [-0.15, -0.1) is 0 Å². The van der Waals surface area contributed by atoms with Gasteiger partial charge in [-0.3, -0.25) is 9.59 Å². The van der Waals surface area contributed by atoms with E-state index in [2.05, 4.69) is 5.32 Å². The molecule has 1 heterocycles. The SMILES string of the molecule is Cc1cc(C)cc(NC(=O)Cn2cc(Cl)cc(Cl)c2=O)c1. The number of aromatic nitrogens is 1. The van der Waals surface area contributed by atoms with Crippen molar-refractivity contribution in [1.29, 1.82) is 0 Å². The first-order valence-electron chi connectivity index (χ1n) is 6.29. The van der Waals surface area contributed by atoms with Crippen LogP contribution in [0.5, 0.6) is 0 Å². The highest BCUT2D eigenvalue weighted by Gasteiger charge is 2.09. The predicted molar refractivity (Wildman–Crippen MR) is 85.3 cm³/mol. The van der Waals surface area contributed by atoms with Gasteiger partial charge in [-0.05, 0) is 43.2 Å². The van der Waals surface area contributed by atoms with E-state index in [-0.39, 0.29) is 17.5 Å². The molecule has 0 aliphatic carbocycles. The number of aryl methyl sites for hydroxylation is 2. The van der Waals surface area contributed by atoms with Gasteiger partial charge in [0, 0.05) is 11.9 Å². The third kappa shape index (κ3) is 4.09. The van der Waals surface area contributed by atoms with Crippen molar-refractivity contribution in [3.8, 4) is 0 Å². The Morgan fingerprint density at radius 2 is 1.76 bits per heavy atom. The molecule has 2 aromatic rings. The molecule has 21 heavy (non-hydrogen) atoms. The molecule has 6 heteroatoms. The Hall–Kier alpha value is -1.78. The number of amides is 1. The van der Waals surface area contributed by atoms with Gasteiger partial charge in [0.2, 0.25) is 5.91 Å². The minimum absolute atomic E-state index is 0.0123. The molecule has 1 amide bonds. The van der Waals surface area contributed by atoms with E-state index in [1.165, 1.54) is 16.8 Å². The predicted octanol–water partition coefficient (Wildman–Crippen LogP) is 3.41. The second kappa shape index (κ2) is 6.33. The van der Waals surface area contributed by atoms with Crippen LogP contribution in [0, 0.1) is 13.8 Å². The summed E-state index contributed by atoms with van der Waals surface area (Å²) >= 11 is 11.6. The molecule has 1 N–H and O–H groups in total. The number of halogens is 2. The molecule has 0 unspecified atom stereocenters. The van der Waals surface area contributed by atoms with Crippen LogP contribution in [0.1, 0.15) is 11.1 Å². The number of carbonyl (C=O) groups is 1. The molecular formula is C15H14Cl2N2O2. The minimum Gasteiger partial charge on any atom is -0.325 e. The molecule has 0 fully saturated rings. The molecule has 1 aromatic carbocycles. The number of rotatable bonds is 3. The van der Waals surface area contributed by atoms with E-state index in [4.69, 9.17) is 23.2 Å². The lowest BCUT2D eigenvalue weighted by Gasteiger charge is -2.09. The first-order valence-corrected chi connectivity index (χ1v) is 7.04. The van der Waals surface area contributed by atoms with Crippen molar-refractivity contribution in [2.45, 2.75) is 20.4 Å². The van der Waals surface area contributed by atoms with Crippen LogP contribution >= 0.6 is 23.2 Å². The number of pyridine rings is 1. The van der Waals surface area contributed by atoms with Crippen molar-refractivity contribution in [1.82, 2.24) is 4.57 Å². The number of carbonyl (C=O) groups excluding carboxylic acids is 1. The Labute approximate surface area is 132 Å². The van der Waals surface area contributed by atoms with Gasteiger partial charge in [-0.25, -0.2) is 0 Å². The summed E-state index contributed by atoms with van der Waals surface area (Å²) < 4.78 is 1.18. The van der Waals surface area contributed by atoms with E-state index in [9.17, 15) is 9.59 Å². The molecular weight excluding hydrogens is 311 g/mol. The van der Waals surface area contributed by atoms with Crippen LogP contribution < -0.4 is 10.9 Å². The van der Waals surface area contributed by atoms with Gasteiger partial charge in [-0.2, -0.15) is 0 Å². The van der Waals surface area contributed by atoms with E-state index in [0.717, 1.165) is 11.1 Å². The number of hydrogen-bond acceptors (Lipinski definition) is 2. The van der Waals surface area contributed by atoms with Gasteiger partial charge < -0.3 is 9.88 Å². The zero-order chi connectivity index (χ0) is 15.6. The fraction of sp³-hybridized carbons (Fsp3) is 0.200. The molecule has 0 bridgehead atoms. The van der Waals surface area contributed by atoms with Gasteiger partial charge in [0.15, 0.2) is 0 Å². The molecule has 0 atom stereocenters. The van der Waals surface area contributed by atoms with Crippen LogP contribution in [0.2, 0.25) is 10.0 Å². The van der Waals surface area contributed by atoms with Gasteiger partial charge in [0.05, 0.1) is 5.02 Å². The summed E-state index contributed by atoms with van der Waals surface area (Å²) in [6.07, 6.45) is 1.39. The molecule has 0 spiro atoms. The van der Waals surface area contributed by atoms with Crippen LogP contribution in [-0.4, -0.2) is 10.5 Å². The molecule has 0 saturated carbocycles. The van der Waals surface area contributed by atoms with Crippen molar-refractivity contribution in [2.24, 2.45) is 0 Å². The molecule has 0 saturated heterocycles. The second-order valence-corrected chi connectivity index (χ2v) is 5.71. The van der Waals surface area contributed by atoms with E-state index in [1.807, 2.05) is 32.0 Å². The molecule has 0 aliphatic heterocycles. The summed E-state index contributed by atoms with van der Waals surface area (Å²) in [7, 11) is 0. The Morgan fingerprint density at radius 3 is 2.38 bits per heavy atom. The summed E-state index contributed by atoms with van der Waals surface area (Å²) in [5.74, 6) is -0.319. The van der Waals surface area contributed by atoms with Crippen LogP contribution in [0.15, 0.2) is 35.3 Å². The summed E-state index contributed by atoms with van der Waals surface area (Å²) in [6, 6.07) is 7.08. The summed E-state index contributed by atoms with van der Waals surface area (Å²) in [4.78, 5) is 23.8. The van der Waals surface area contributed by atoms with Crippen molar-refractivity contribution < 1.29 is 4.79 Å². The Kier molecular flexibility index (Phi) is 4.70. The van der Waals surface area contributed by atoms with E-state index in [1.54, 1.807) is 0 Å². The van der Waals surface area contributed by atoms with Crippen LogP contribution in [0.25, 0.3) is 0 Å². The highest BCUT2D eigenvalue weighted by molar-refractivity contribution is 6.34. The molecule has 110 valence electrons. The maximum Gasteiger partial charge on any atom is 0.269 e. The van der Waals surface area contributed by atoms with Crippen LogP contribution in [0.3, 0.4) is 0 Å². The minimum atomic E-state index is -0.448. The third-order valence-corrected chi connectivity index (χ3v) is 3.31. The Morgan fingerprint density at radius 1 is 1.14 bits per heavy atom. The van der Waals surface area contributed by atoms with Gasteiger partial charge in [0.25, 0.3) is 5.56 Å². The normalized spacial score (nSPS) is 10.5. The average molecular weight is 325 g/mol. The Bertz CT molecular complexity index is 734. The van der Waals surface area contributed by atoms with Gasteiger partial charge in [0.1, 0.15) is 11.6 Å². The number of nitrogens with zero attached hydrogens (tertiary/aromatic N) is 1. The molecule has 4 nitrogen and oxygen atoms in total. The topological polar surface area (TPSA) is 51.1 Å². The quantitative estimate of drug-likeness (QED) is 0.940. The summed E-state index contributed by atoms with van der Waals surface area (Å²) in [6.45, 7) is 3.75. The molecule has 2 rings (SSSR count). The van der Waals surface area contributed by atoms with E-state index >= 15 is 0 Å². The van der Waals surface area contributed by atoms with E-state index < -0.39 is 5.56 Å². The summed E-state index contributed by atoms with van der Waals surface area (Å²) in [5, 5.41) is 3.05. The number of hydrogen-bond donors (Lipinski definition) is 1. The molecule has 0 aliphatic rings. The number of nitrogens with one attached hydrogen (secondary N) is 1. The van der Waals surface area contributed by atoms with Gasteiger partial charge in [-0.1, -0.05) is 29.3 Å². The maximum absolute atomic E-state index is 12.0. The van der Waals surface area contributed by atoms with Crippen molar-refractivity contribution in [3.05, 3.63) is 62.0 Å². The van der Waals surface area contributed by atoms with Gasteiger partial charge >= 0.3 is 0 Å². The largest absolute Gasteiger partial charge is 0.325 e. The Balaban J connectivity index is 2.17. The fourth-order valence-corrected chi connectivity index (χ4v) is 2.59. The van der Waals surface area contributed by atoms with Crippen molar-refractivity contribution >= 4 is 34.8 Å². The standard InChI is InChI=1S/C15H14Cl2N2O2/c1-9-3-10(2)5-12(4-9)18-14(20)8-19-7-11(16)6-13(17)15(19)21/h3-7H,8H2,1-2H3,(H,18,20). The zero-order valence-corrected chi connectivity index (χ0v) is 13.1. The lowest BCUT2D eigenvalue weighted by atomic mass is 10.1. The lowest BCUT2D eigenvalue weighted by molar-refractivity contribution is -0.116. The van der Waals surface area contributed by atoms with Crippen molar-refractivity contribution in [2.75, 3.05) is 5.32 Å². The molecule has 0 radical (unpaired) electrons. The fourth-order valence-electron chi connectivity index (χ4n) is 2.08. The van der Waals surface area contributed by atoms with Crippen molar-refractivity contribution in [3.63, 3.8) is 0 Å². The third-order valence-electron chi connectivity index (χ3n) is 2.83. The number of benzene rings is 1. The average Bonchev–Trinajstić information content (AvgIpc) is 2.33.